The van der Waals surface area contributed by atoms with Crippen LogP contribution in [0.25, 0.3) is 0 Å². The van der Waals surface area contributed by atoms with Crippen molar-refractivity contribution in [1.29, 1.82) is 0 Å². The standard InChI is InChI=1S/C5H12NO2.Cr.H2O.O/c1-6(2-4-7)3-5-8;;;/h7-8H,1-5H2;;1H2;/q-1;+1;;/p-1. The van der Waals surface area contributed by atoms with Crippen LogP contribution in [-0.2, 0) is 19.3 Å². The Morgan fingerprint density at radius 3 is 1.73 bits per heavy atom. The zero-order chi connectivity index (χ0) is 9.11. The maximum atomic E-state index is 8.55. The summed E-state index contributed by atoms with van der Waals surface area (Å²) in [5.41, 5.74) is 0. The summed E-state index contributed by atoms with van der Waals surface area (Å²) in [6.45, 7) is 1.26. The summed E-state index contributed by atoms with van der Waals surface area (Å²) in [5, 5.41) is 16.6. The van der Waals surface area contributed by atoms with Gasteiger partial charge in [0.2, 0.25) is 0 Å². The Morgan fingerprint density at radius 1 is 1.27 bits per heavy atom. The van der Waals surface area contributed by atoms with Gasteiger partial charge in [-0.3, -0.25) is 7.05 Å². The van der Waals surface area contributed by atoms with Gasteiger partial charge < -0.3 is 15.1 Å². The molecule has 6 heteroatoms. The predicted molar refractivity (Wildman–Crippen MR) is 34.0 cm³/mol. The van der Waals surface area contributed by atoms with Crippen LogP contribution in [0.2, 0.25) is 0 Å². The number of aliphatic hydroxyl groups excluding tert-OH is 2. The average molecular weight is 203 g/mol. The molecule has 0 unspecified atom stereocenters. The number of aliphatic hydroxyl groups is 2. The topological polar surface area (TPSA) is 81.0 Å². The van der Waals surface area contributed by atoms with Crippen LogP contribution >= 0.6 is 0 Å². The predicted octanol–water partition coefficient (Wildman–Crippen LogP) is -1.61. The van der Waals surface area contributed by atoms with Gasteiger partial charge in [-0.05, 0) is 13.1 Å². The fourth-order valence-electron chi connectivity index (χ4n) is 0.395. The molecule has 0 saturated carbocycles. The summed E-state index contributed by atoms with van der Waals surface area (Å²) in [4.78, 5) is 1.61. The second-order valence-corrected chi connectivity index (χ2v) is 1.87. The van der Waals surface area contributed by atoms with E-state index in [2.05, 4.69) is 7.05 Å². The molecule has 11 heavy (non-hydrogen) atoms. The van der Waals surface area contributed by atoms with Crippen LogP contribution in [0.4, 0.5) is 0 Å². The average Bonchev–Trinajstić information content (AvgIpc) is 1.90. The van der Waals surface area contributed by atoms with E-state index < -0.39 is 15.5 Å². The van der Waals surface area contributed by atoms with Crippen LogP contribution in [0.3, 0.4) is 0 Å². The summed E-state index contributed by atoms with van der Waals surface area (Å²) in [5.74, 6) is 0. The zero-order valence-electron chi connectivity index (χ0n) is 6.14. The molecule has 0 aromatic carbocycles. The molecule has 0 spiro atoms. The van der Waals surface area contributed by atoms with Crippen molar-refractivity contribution in [3.05, 3.63) is 7.05 Å². The number of rotatable bonds is 4. The molecule has 5 nitrogen and oxygen atoms in total. The van der Waals surface area contributed by atoms with Crippen molar-refractivity contribution >= 4 is 0 Å². The fraction of sp³-hybridized carbons (Fsp3) is 0.800. The van der Waals surface area contributed by atoms with Gasteiger partial charge in [-0.25, -0.2) is 0 Å². The van der Waals surface area contributed by atoms with Crippen molar-refractivity contribution in [3.8, 4) is 0 Å². The molecule has 3 N–H and O–H groups in total. The van der Waals surface area contributed by atoms with Gasteiger partial charge in [-0.15, -0.1) is 0 Å². The van der Waals surface area contributed by atoms with E-state index in [1.807, 2.05) is 0 Å². The molecule has 0 heterocycles. The third-order valence-corrected chi connectivity index (χ3v) is 0.832. The van der Waals surface area contributed by atoms with Crippen LogP contribution in [0.15, 0.2) is 0 Å². The summed E-state index contributed by atoms with van der Waals surface area (Å²) < 4.78 is 15.6. The molecular weight excluding hydrogens is 190 g/mol. The first-order chi connectivity index (χ1) is 5.22. The first kappa shape index (κ1) is 13.7. The maximum absolute atomic E-state index is 8.55. The Kier molecular flexibility index (Phi) is 16.0. The quantitative estimate of drug-likeness (QED) is 0.479. The van der Waals surface area contributed by atoms with E-state index in [4.69, 9.17) is 18.2 Å². The molecule has 0 aliphatic rings. The monoisotopic (exact) mass is 203 g/mol. The minimum atomic E-state index is -1.38. The second-order valence-electron chi connectivity index (χ2n) is 1.64. The normalized spacial score (nSPS) is 8.82. The zero-order valence-corrected chi connectivity index (χ0v) is 7.42. The van der Waals surface area contributed by atoms with Gasteiger partial charge >= 0.3 is 23.4 Å². The summed E-state index contributed by atoms with van der Waals surface area (Å²) in [6, 6.07) is 0. The molecule has 0 aromatic heterocycles. The van der Waals surface area contributed by atoms with Gasteiger partial charge in [0.1, 0.15) is 0 Å². The van der Waals surface area contributed by atoms with Gasteiger partial charge in [-0.1, -0.05) is 0 Å². The van der Waals surface area contributed by atoms with E-state index in [1.165, 1.54) is 0 Å². The molecule has 0 fully saturated rings. The first-order valence-corrected chi connectivity index (χ1v) is 4.02. The third-order valence-electron chi connectivity index (χ3n) is 0.832. The molecule has 0 rings (SSSR count). The SMILES string of the molecule is [CH2-]N(CCO)CCO.[O]=[Cr][OH]. The summed E-state index contributed by atoms with van der Waals surface area (Å²) in [7, 11) is 3.53. The van der Waals surface area contributed by atoms with Crippen molar-refractivity contribution in [2.45, 2.75) is 0 Å². The Hall–Kier alpha value is 0.172. The van der Waals surface area contributed by atoms with Gasteiger partial charge in [0, 0.05) is 0 Å². The van der Waals surface area contributed by atoms with Crippen molar-refractivity contribution in [2.24, 2.45) is 0 Å². The van der Waals surface area contributed by atoms with Crippen LogP contribution in [0.1, 0.15) is 0 Å². The molecule has 0 saturated heterocycles. The summed E-state index contributed by atoms with van der Waals surface area (Å²) in [6.07, 6.45) is 0. The van der Waals surface area contributed by atoms with Crippen LogP contribution in [-0.4, -0.2) is 45.6 Å². The Balaban J connectivity index is 0. The Morgan fingerprint density at radius 2 is 1.55 bits per heavy atom. The van der Waals surface area contributed by atoms with Crippen molar-refractivity contribution in [1.82, 2.24) is 4.90 Å². The minimum absolute atomic E-state index is 0.101. The molecular formula is C5H13CrNO4-. The van der Waals surface area contributed by atoms with Gasteiger partial charge in [0.15, 0.2) is 0 Å². The molecule has 0 aliphatic carbocycles. The molecule has 0 bridgehead atoms. The van der Waals surface area contributed by atoms with Crippen LogP contribution in [0, 0.1) is 7.05 Å². The van der Waals surface area contributed by atoms with Crippen LogP contribution in [0.5, 0.6) is 0 Å². The van der Waals surface area contributed by atoms with E-state index in [0.29, 0.717) is 13.1 Å². The fourth-order valence-corrected chi connectivity index (χ4v) is 0.395. The van der Waals surface area contributed by atoms with Gasteiger partial charge in [0.05, 0.1) is 13.2 Å². The van der Waals surface area contributed by atoms with E-state index in [1.54, 1.807) is 4.90 Å². The third kappa shape index (κ3) is 17.8. The first-order valence-electron chi connectivity index (χ1n) is 2.93. The Bertz CT molecular complexity index is 76.9. The second kappa shape index (κ2) is 12.8. The van der Waals surface area contributed by atoms with E-state index >= 15 is 0 Å². The molecule has 69 valence electrons. The number of hydrogen-bond acceptors (Lipinski definition) is 4. The molecule has 0 aliphatic heterocycles. The van der Waals surface area contributed by atoms with Gasteiger partial charge in [0.25, 0.3) is 0 Å². The van der Waals surface area contributed by atoms with E-state index in [9.17, 15) is 0 Å². The van der Waals surface area contributed by atoms with Crippen molar-refractivity contribution < 1.29 is 33.7 Å². The van der Waals surface area contributed by atoms with Crippen molar-refractivity contribution in [2.75, 3.05) is 26.3 Å². The van der Waals surface area contributed by atoms with E-state index in [0.717, 1.165) is 0 Å². The molecule has 0 amide bonds. The van der Waals surface area contributed by atoms with Crippen LogP contribution < -0.4 is 0 Å². The van der Waals surface area contributed by atoms with Crippen molar-refractivity contribution in [3.63, 3.8) is 0 Å². The van der Waals surface area contributed by atoms with E-state index in [-0.39, 0.29) is 13.2 Å². The number of hydrogen-bond donors (Lipinski definition) is 3. The number of nitrogens with zero attached hydrogens (tertiary/aromatic N) is 1. The molecule has 0 aromatic rings. The molecule has 0 radical (unpaired) electrons. The summed E-state index contributed by atoms with van der Waals surface area (Å²) >= 11 is -1.38. The van der Waals surface area contributed by atoms with Gasteiger partial charge in [-0.2, -0.15) is 0 Å². The molecule has 0 atom stereocenters. The Labute approximate surface area is 72.5 Å².